The van der Waals surface area contributed by atoms with Crippen LogP contribution < -0.4 is 10.1 Å². The van der Waals surface area contributed by atoms with Crippen LogP contribution in [0.2, 0.25) is 0 Å². The monoisotopic (exact) mass is 424 g/mol. The van der Waals surface area contributed by atoms with Crippen molar-refractivity contribution >= 4 is 34.2 Å². The summed E-state index contributed by atoms with van der Waals surface area (Å²) in [4.78, 5) is 14.0. The molecule has 2 rings (SSSR count). The summed E-state index contributed by atoms with van der Waals surface area (Å²) in [6, 6.07) is 15.7. The number of carbonyl (C=O) groups excluding carboxylic acids is 1. The van der Waals surface area contributed by atoms with Crippen LogP contribution in [0.4, 0.5) is 5.69 Å². The van der Waals surface area contributed by atoms with E-state index in [9.17, 15) is 4.79 Å². The smallest absolute Gasteiger partial charge is 0.238 e. The van der Waals surface area contributed by atoms with E-state index >= 15 is 0 Å². The average molecular weight is 424 g/mol. The molecule has 4 nitrogen and oxygen atoms in total. The lowest BCUT2D eigenvalue weighted by Crippen LogP contribution is -2.33. The van der Waals surface area contributed by atoms with E-state index in [-0.39, 0.29) is 5.91 Å². The van der Waals surface area contributed by atoms with Crippen molar-refractivity contribution in [3.63, 3.8) is 0 Å². The number of hydrogen-bond donors (Lipinski definition) is 1. The number of hydrogen-bond acceptors (Lipinski definition) is 3. The topological polar surface area (TPSA) is 41.6 Å². The number of likely N-dealkylation sites (N-methyl/N-ethyl adjacent to an activating group) is 1. The van der Waals surface area contributed by atoms with E-state index in [1.54, 1.807) is 0 Å². The molecule has 0 saturated carbocycles. The predicted molar refractivity (Wildman–Crippen MR) is 102 cm³/mol. The van der Waals surface area contributed by atoms with Gasteiger partial charge in [0.1, 0.15) is 12.4 Å². The van der Waals surface area contributed by atoms with E-state index in [4.69, 9.17) is 4.74 Å². The van der Waals surface area contributed by atoms with Crippen LogP contribution in [-0.4, -0.2) is 37.6 Å². The molecule has 23 heavy (non-hydrogen) atoms. The molecule has 0 saturated heterocycles. The van der Waals surface area contributed by atoms with Crippen LogP contribution in [0.15, 0.2) is 48.5 Å². The summed E-state index contributed by atoms with van der Waals surface area (Å²) in [6.07, 6.45) is 0. The molecular weight excluding hydrogens is 403 g/mol. The highest BCUT2D eigenvalue weighted by Crippen LogP contribution is 2.16. The SMILES string of the molecule is Cc1cccc(OCCN(C)CC(=O)Nc2ccccc2I)c1. The summed E-state index contributed by atoms with van der Waals surface area (Å²) in [5, 5.41) is 2.93. The molecule has 1 N–H and O–H groups in total. The predicted octanol–water partition coefficient (Wildman–Crippen LogP) is 3.55. The zero-order valence-electron chi connectivity index (χ0n) is 13.4. The maximum absolute atomic E-state index is 12.1. The molecule has 0 unspecified atom stereocenters. The Morgan fingerprint density at radius 2 is 2.00 bits per heavy atom. The van der Waals surface area contributed by atoms with Crippen molar-refractivity contribution < 1.29 is 9.53 Å². The largest absolute Gasteiger partial charge is 0.492 e. The van der Waals surface area contributed by atoms with Gasteiger partial charge in [-0.25, -0.2) is 0 Å². The highest BCUT2D eigenvalue weighted by molar-refractivity contribution is 14.1. The minimum absolute atomic E-state index is 0.0211. The first-order valence-electron chi connectivity index (χ1n) is 7.47. The van der Waals surface area contributed by atoms with Crippen LogP contribution >= 0.6 is 22.6 Å². The van der Waals surface area contributed by atoms with Crippen molar-refractivity contribution in [3.05, 3.63) is 57.7 Å². The van der Waals surface area contributed by atoms with Crippen LogP contribution in [0, 0.1) is 10.5 Å². The summed E-state index contributed by atoms with van der Waals surface area (Å²) in [6.45, 7) is 3.61. The number of rotatable bonds is 7. The summed E-state index contributed by atoms with van der Waals surface area (Å²) in [5.74, 6) is 0.842. The van der Waals surface area contributed by atoms with Crippen molar-refractivity contribution in [2.24, 2.45) is 0 Å². The van der Waals surface area contributed by atoms with Gasteiger partial charge in [0.15, 0.2) is 0 Å². The number of halogens is 1. The van der Waals surface area contributed by atoms with Crippen LogP contribution in [0.5, 0.6) is 5.75 Å². The van der Waals surface area contributed by atoms with Crippen molar-refractivity contribution in [1.82, 2.24) is 4.90 Å². The molecule has 5 heteroatoms. The number of aryl methyl sites for hydroxylation is 1. The Morgan fingerprint density at radius 3 is 2.74 bits per heavy atom. The van der Waals surface area contributed by atoms with Crippen molar-refractivity contribution in [3.8, 4) is 5.75 Å². The van der Waals surface area contributed by atoms with E-state index in [0.29, 0.717) is 19.7 Å². The summed E-state index contributed by atoms with van der Waals surface area (Å²) >= 11 is 2.21. The number of nitrogens with one attached hydrogen (secondary N) is 1. The summed E-state index contributed by atoms with van der Waals surface area (Å²) < 4.78 is 6.73. The molecule has 0 bridgehead atoms. The molecule has 2 aromatic rings. The fraction of sp³-hybridized carbons (Fsp3) is 0.278. The van der Waals surface area contributed by atoms with Gasteiger partial charge in [0.25, 0.3) is 0 Å². The number of nitrogens with zero attached hydrogens (tertiary/aromatic N) is 1. The van der Waals surface area contributed by atoms with Gasteiger partial charge in [0.2, 0.25) is 5.91 Å². The standard InChI is InChI=1S/C18H21IN2O2/c1-14-6-5-7-15(12-14)23-11-10-21(2)13-18(22)20-17-9-4-3-8-16(17)19/h3-9,12H,10-11,13H2,1-2H3,(H,20,22). The minimum atomic E-state index is -0.0211. The van der Waals surface area contributed by atoms with Gasteiger partial charge in [-0.2, -0.15) is 0 Å². The third kappa shape index (κ3) is 6.19. The third-order valence-corrected chi connectivity index (χ3v) is 4.23. The summed E-state index contributed by atoms with van der Waals surface area (Å²) in [7, 11) is 1.91. The number of carbonyl (C=O) groups is 1. The Labute approximate surface area is 151 Å². The number of ether oxygens (including phenoxy) is 1. The molecule has 1 amide bonds. The van der Waals surface area contributed by atoms with E-state index in [2.05, 4.69) is 27.9 Å². The zero-order chi connectivity index (χ0) is 16.7. The number of anilines is 1. The highest BCUT2D eigenvalue weighted by atomic mass is 127. The fourth-order valence-corrected chi connectivity index (χ4v) is 2.62. The second-order valence-electron chi connectivity index (χ2n) is 5.43. The number of amides is 1. The number of para-hydroxylation sites is 1. The average Bonchev–Trinajstić information content (AvgIpc) is 2.49. The third-order valence-electron chi connectivity index (χ3n) is 3.29. The quantitative estimate of drug-likeness (QED) is 0.692. The molecule has 0 radical (unpaired) electrons. The first-order chi connectivity index (χ1) is 11.0. The second kappa shape index (κ2) is 8.88. The summed E-state index contributed by atoms with van der Waals surface area (Å²) in [5.41, 5.74) is 2.02. The van der Waals surface area contributed by atoms with Crippen molar-refractivity contribution in [2.75, 3.05) is 32.1 Å². The van der Waals surface area contributed by atoms with Crippen molar-refractivity contribution in [1.29, 1.82) is 0 Å². The Bertz CT molecular complexity index is 661. The van der Waals surface area contributed by atoms with Gasteiger partial charge in [0, 0.05) is 10.1 Å². The molecule has 0 atom stereocenters. The normalized spacial score (nSPS) is 10.6. The molecule has 0 aliphatic heterocycles. The van der Waals surface area contributed by atoms with E-state index in [1.165, 1.54) is 5.56 Å². The molecule has 0 aliphatic carbocycles. The first kappa shape index (κ1) is 17.7. The fourth-order valence-electron chi connectivity index (χ4n) is 2.10. The molecule has 0 heterocycles. The highest BCUT2D eigenvalue weighted by Gasteiger charge is 2.08. The molecule has 0 spiro atoms. The Balaban J connectivity index is 1.73. The van der Waals surface area contributed by atoms with Gasteiger partial charge in [-0.3, -0.25) is 9.69 Å². The van der Waals surface area contributed by atoms with E-state index in [1.807, 2.05) is 67.4 Å². The Morgan fingerprint density at radius 1 is 1.22 bits per heavy atom. The lowest BCUT2D eigenvalue weighted by molar-refractivity contribution is -0.117. The maximum Gasteiger partial charge on any atom is 0.238 e. The van der Waals surface area contributed by atoms with Crippen LogP contribution in [0.3, 0.4) is 0 Å². The second-order valence-corrected chi connectivity index (χ2v) is 6.59. The van der Waals surface area contributed by atoms with Gasteiger partial charge in [-0.05, 0) is 66.4 Å². The number of benzene rings is 2. The van der Waals surface area contributed by atoms with Gasteiger partial charge in [-0.15, -0.1) is 0 Å². The van der Waals surface area contributed by atoms with Crippen LogP contribution in [0.1, 0.15) is 5.56 Å². The van der Waals surface area contributed by atoms with Crippen LogP contribution in [0.25, 0.3) is 0 Å². The Kier molecular flexibility index (Phi) is 6.85. The van der Waals surface area contributed by atoms with Crippen LogP contribution in [-0.2, 0) is 4.79 Å². The molecule has 0 aromatic heterocycles. The zero-order valence-corrected chi connectivity index (χ0v) is 15.5. The maximum atomic E-state index is 12.1. The molecule has 122 valence electrons. The molecule has 0 aliphatic rings. The Hall–Kier alpha value is -1.60. The van der Waals surface area contributed by atoms with Gasteiger partial charge < -0.3 is 10.1 Å². The molecule has 2 aromatic carbocycles. The van der Waals surface area contributed by atoms with Gasteiger partial charge >= 0.3 is 0 Å². The lowest BCUT2D eigenvalue weighted by atomic mass is 10.2. The van der Waals surface area contributed by atoms with Gasteiger partial charge in [-0.1, -0.05) is 24.3 Å². The molecular formula is C18H21IN2O2. The lowest BCUT2D eigenvalue weighted by Gasteiger charge is -2.17. The molecule has 0 fully saturated rings. The van der Waals surface area contributed by atoms with Gasteiger partial charge in [0.05, 0.1) is 12.2 Å². The van der Waals surface area contributed by atoms with Crippen molar-refractivity contribution in [2.45, 2.75) is 6.92 Å². The minimum Gasteiger partial charge on any atom is -0.492 e. The van der Waals surface area contributed by atoms with E-state index in [0.717, 1.165) is 15.0 Å². The first-order valence-corrected chi connectivity index (χ1v) is 8.55. The van der Waals surface area contributed by atoms with E-state index < -0.39 is 0 Å².